The minimum absolute atomic E-state index is 0.609. The lowest BCUT2D eigenvalue weighted by Crippen LogP contribution is -2.30. The van der Waals surface area contributed by atoms with Crippen molar-refractivity contribution >= 4 is 0 Å². The van der Waals surface area contributed by atoms with Gasteiger partial charge in [-0.1, -0.05) is 44.9 Å². The molecule has 1 aliphatic carbocycles. The van der Waals surface area contributed by atoms with Gasteiger partial charge in [-0.3, -0.25) is 0 Å². The van der Waals surface area contributed by atoms with Gasteiger partial charge in [-0.25, -0.2) is 0 Å². The molecule has 0 aliphatic heterocycles. The Morgan fingerprint density at radius 1 is 1.15 bits per heavy atom. The zero-order valence-corrected chi connectivity index (χ0v) is 13.0. The number of para-hydroxylation sites is 1. The number of hydrogen-bond acceptors (Lipinski definition) is 2. The third-order valence-electron chi connectivity index (χ3n) is 4.34. The predicted octanol–water partition coefficient (Wildman–Crippen LogP) is 4.26. The molecule has 0 radical (unpaired) electrons. The van der Waals surface area contributed by atoms with Crippen molar-refractivity contribution < 1.29 is 4.74 Å². The summed E-state index contributed by atoms with van der Waals surface area (Å²) in [5.41, 5.74) is 0. The van der Waals surface area contributed by atoms with Crippen LogP contribution in [0.25, 0.3) is 0 Å². The van der Waals surface area contributed by atoms with Gasteiger partial charge in [0.05, 0.1) is 6.61 Å². The highest BCUT2D eigenvalue weighted by atomic mass is 16.5. The van der Waals surface area contributed by atoms with E-state index in [4.69, 9.17) is 4.74 Å². The Hall–Kier alpha value is -1.02. The summed E-state index contributed by atoms with van der Waals surface area (Å²) in [6, 6.07) is 10.8. The molecule has 0 spiro atoms. The fraction of sp³-hybridized carbons (Fsp3) is 0.667. The zero-order valence-electron chi connectivity index (χ0n) is 13.0. The molecule has 0 heterocycles. The normalized spacial score (nSPS) is 22.4. The summed E-state index contributed by atoms with van der Waals surface area (Å²) in [5, 5.41) is 3.60. The van der Waals surface area contributed by atoms with Crippen LogP contribution in [0.3, 0.4) is 0 Å². The average Bonchev–Trinajstić information content (AvgIpc) is 2.90. The second-order valence-corrected chi connectivity index (χ2v) is 6.32. The van der Waals surface area contributed by atoms with Crippen LogP contribution in [0.15, 0.2) is 30.3 Å². The van der Waals surface area contributed by atoms with Crippen molar-refractivity contribution in [2.45, 2.75) is 52.0 Å². The highest BCUT2D eigenvalue weighted by Crippen LogP contribution is 2.34. The molecule has 1 saturated carbocycles. The number of benzene rings is 1. The zero-order chi connectivity index (χ0) is 14.2. The molecule has 1 N–H and O–H groups in total. The van der Waals surface area contributed by atoms with E-state index in [0.29, 0.717) is 6.04 Å². The number of hydrogen-bond donors (Lipinski definition) is 1. The van der Waals surface area contributed by atoms with Crippen LogP contribution in [-0.4, -0.2) is 19.2 Å². The average molecular weight is 275 g/mol. The Labute approximate surface area is 123 Å². The monoisotopic (exact) mass is 275 g/mol. The molecule has 112 valence electrons. The van der Waals surface area contributed by atoms with Crippen molar-refractivity contribution in [1.29, 1.82) is 0 Å². The number of ether oxygens (including phenoxy) is 1. The molecule has 1 aliphatic rings. The molecule has 1 fully saturated rings. The molecule has 1 aromatic rings. The maximum atomic E-state index is 5.78. The van der Waals surface area contributed by atoms with Gasteiger partial charge in [0.25, 0.3) is 0 Å². The molecular formula is C18H29NO. The predicted molar refractivity (Wildman–Crippen MR) is 85.1 cm³/mol. The Bertz CT molecular complexity index is 363. The van der Waals surface area contributed by atoms with Crippen LogP contribution in [0.1, 0.15) is 46.0 Å². The van der Waals surface area contributed by atoms with Gasteiger partial charge in [-0.15, -0.1) is 0 Å². The Morgan fingerprint density at radius 3 is 2.65 bits per heavy atom. The molecule has 0 bridgehead atoms. The Morgan fingerprint density at radius 2 is 1.90 bits per heavy atom. The molecule has 2 rings (SSSR count). The van der Waals surface area contributed by atoms with E-state index in [0.717, 1.165) is 24.2 Å². The van der Waals surface area contributed by atoms with Gasteiger partial charge in [0.15, 0.2) is 0 Å². The maximum Gasteiger partial charge on any atom is 0.119 e. The van der Waals surface area contributed by atoms with Crippen LogP contribution >= 0.6 is 0 Å². The maximum absolute atomic E-state index is 5.78. The summed E-state index contributed by atoms with van der Waals surface area (Å²) < 4.78 is 5.78. The van der Waals surface area contributed by atoms with E-state index in [1.807, 2.05) is 30.3 Å². The van der Waals surface area contributed by atoms with Crippen molar-refractivity contribution in [2.24, 2.45) is 11.8 Å². The van der Waals surface area contributed by atoms with Crippen molar-refractivity contribution in [2.75, 3.05) is 13.2 Å². The molecule has 0 saturated heterocycles. The molecular weight excluding hydrogens is 246 g/mol. The Kier molecular flexibility index (Phi) is 6.38. The summed E-state index contributed by atoms with van der Waals surface area (Å²) in [6.45, 7) is 6.52. The molecule has 2 atom stereocenters. The van der Waals surface area contributed by atoms with Crippen molar-refractivity contribution in [3.63, 3.8) is 0 Å². The van der Waals surface area contributed by atoms with Crippen LogP contribution in [0.4, 0.5) is 0 Å². The van der Waals surface area contributed by atoms with E-state index in [1.54, 1.807) is 0 Å². The molecule has 2 heteroatoms. The van der Waals surface area contributed by atoms with E-state index in [9.17, 15) is 0 Å². The first kappa shape index (κ1) is 15.4. The molecule has 0 amide bonds. The van der Waals surface area contributed by atoms with Gasteiger partial charge in [0.1, 0.15) is 5.75 Å². The minimum Gasteiger partial charge on any atom is -0.494 e. The van der Waals surface area contributed by atoms with E-state index in [1.165, 1.54) is 38.6 Å². The third-order valence-corrected chi connectivity index (χ3v) is 4.34. The lowest BCUT2D eigenvalue weighted by molar-refractivity contribution is 0.270. The third kappa shape index (κ3) is 5.16. The second-order valence-electron chi connectivity index (χ2n) is 6.32. The van der Waals surface area contributed by atoms with Crippen molar-refractivity contribution in [1.82, 2.24) is 5.32 Å². The van der Waals surface area contributed by atoms with Gasteiger partial charge < -0.3 is 10.1 Å². The lowest BCUT2D eigenvalue weighted by atomic mass is 9.91. The van der Waals surface area contributed by atoms with E-state index in [2.05, 4.69) is 19.2 Å². The summed E-state index contributed by atoms with van der Waals surface area (Å²) in [4.78, 5) is 0. The van der Waals surface area contributed by atoms with Gasteiger partial charge in [-0.2, -0.15) is 0 Å². The standard InChI is InChI=1S/C18H29NO/c1-15(2)19-14-17-9-6-8-16(17)10-7-13-20-18-11-4-3-5-12-18/h3-5,11-12,15-17,19H,6-10,13-14H2,1-2H3. The number of rotatable bonds is 8. The fourth-order valence-electron chi connectivity index (χ4n) is 3.20. The summed E-state index contributed by atoms with van der Waals surface area (Å²) in [6.07, 6.45) is 6.73. The molecule has 2 unspecified atom stereocenters. The van der Waals surface area contributed by atoms with Crippen LogP contribution < -0.4 is 10.1 Å². The summed E-state index contributed by atoms with van der Waals surface area (Å²) in [5.74, 6) is 2.78. The first-order chi connectivity index (χ1) is 9.75. The SMILES string of the molecule is CC(C)NCC1CCCC1CCCOc1ccccc1. The summed E-state index contributed by atoms with van der Waals surface area (Å²) in [7, 11) is 0. The molecule has 1 aromatic carbocycles. The molecule has 2 nitrogen and oxygen atoms in total. The molecule has 0 aromatic heterocycles. The smallest absolute Gasteiger partial charge is 0.119 e. The lowest BCUT2D eigenvalue weighted by Gasteiger charge is -2.21. The van der Waals surface area contributed by atoms with Gasteiger partial charge in [0.2, 0.25) is 0 Å². The topological polar surface area (TPSA) is 21.3 Å². The van der Waals surface area contributed by atoms with Crippen LogP contribution in [-0.2, 0) is 0 Å². The van der Waals surface area contributed by atoms with E-state index in [-0.39, 0.29) is 0 Å². The fourth-order valence-corrected chi connectivity index (χ4v) is 3.20. The van der Waals surface area contributed by atoms with Gasteiger partial charge in [-0.05, 0) is 49.8 Å². The highest BCUT2D eigenvalue weighted by molar-refractivity contribution is 5.20. The second kappa shape index (κ2) is 8.31. The molecule has 20 heavy (non-hydrogen) atoms. The van der Waals surface area contributed by atoms with Crippen molar-refractivity contribution in [3.8, 4) is 5.75 Å². The van der Waals surface area contributed by atoms with Crippen LogP contribution in [0.5, 0.6) is 5.75 Å². The largest absolute Gasteiger partial charge is 0.494 e. The summed E-state index contributed by atoms with van der Waals surface area (Å²) >= 11 is 0. The Balaban J connectivity index is 1.63. The highest BCUT2D eigenvalue weighted by Gasteiger charge is 2.26. The quantitative estimate of drug-likeness (QED) is 0.716. The van der Waals surface area contributed by atoms with Crippen LogP contribution in [0, 0.1) is 11.8 Å². The van der Waals surface area contributed by atoms with Gasteiger partial charge in [0, 0.05) is 6.04 Å². The van der Waals surface area contributed by atoms with Crippen LogP contribution in [0.2, 0.25) is 0 Å². The van der Waals surface area contributed by atoms with E-state index >= 15 is 0 Å². The number of nitrogens with one attached hydrogen (secondary N) is 1. The minimum atomic E-state index is 0.609. The van der Waals surface area contributed by atoms with E-state index < -0.39 is 0 Å². The first-order valence-electron chi connectivity index (χ1n) is 8.17. The first-order valence-corrected chi connectivity index (χ1v) is 8.17. The van der Waals surface area contributed by atoms with Crippen molar-refractivity contribution in [3.05, 3.63) is 30.3 Å². The van der Waals surface area contributed by atoms with Gasteiger partial charge >= 0.3 is 0 Å².